The van der Waals surface area contributed by atoms with E-state index in [1.165, 1.54) is 13.1 Å². The van der Waals surface area contributed by atoms with Crippen LogP contribution in [-0.2, 0) is 21.4 Å². The number of carbonyl (C=O) groups is 1. The lowest BCUT2D eigenvalue weighted by atomic mass is 10.2. The van der Waals surface area contributed by atoms with Crippen molar-refractivity contribution in [2.75, 3.05) is 13.6 Å². The van der Waals surface area contributed by atoms with Crippen LogP contribution in [0.25, 0.3) is 0 Å². The third-order valence-electron chi connectivity index (χ3n) is 3.53. The molecule has 2 rings (SSSR count). The van der Waals surface area contributed by atoms with Crippen molar-refractivity contribution < 1.29 is 17.6 Å². The van der Waals surface area contributed by atoms with Crippen LogP contribution in [0.15, 0.2) is 29.2 Å². The topological polar surface area (TPSA) is 95.2 Å². The van der Waals surface area contributed by atoms with Gasteiger partial charge in [0.2, 0.25) is 15.9 Å². The highest BCUT2D eigenvalue weighted by molar-refractivity contribution is 7.89. The number of nitrogens with zero attached hydrogens (tertiary/aromatic N) is 2. The second-order valence-electron chi connectivity index (χ2n) is 5.39. The lowest BCUT2D eigenvalue weighted by Crippen LogP contribution is -2.38. The first kappa shape index (κ1) is 18.1. The molecule has 7 nitrogen and oxygen atoms in total. The van der Waals surface area contributed by atoms with Crippen molar-refractivity contribution in [3.05, 3.63) is 47.0 Å². The first-order valence-electron chi connectivity index (χ1n) is 7.21. The lowest BCUT2D eigenvalue weighted by molar-refractivity contribution is -0.121. The molecule has 130 valence electrons. The van der Waals surface area contributed by atoms with Crippen LogP contribution in [0.3, 0.4) is 0 Å². The van der Waals surface area contributed by atoms with E-state index in [4.69, 9.17) is 0 Å². The molecule has 2 N–H and O–H groups in total. The van der Waals surface area contributed by atoms with Crippen molar-refractivity contribution >= 4 is 15.9 Å². The Bertz CT molecular complexity index is 829. The number of aryl methyl sites for hydroxylation is 2. The van der Waals surface area contributed by atoms with Gasteiger partial charge in [-0.3, -0.25) is 9.89 Å². The summed E-state index contributed by atoms with van der Waals surface area (Å²) in [6.07, 6.45) is 0. The first-order chi connectivity index (χ1) is 11.2. The molecule has 0 spiro atoms. The van der Waals surface area contributed by atoms with Crippen molar-refractivity contribution in [1.82, 2.24) is 19.8 Å². The Morgan fingerprint density at radius 1 is 1.33 bits per heavy atom. The summed E-state index contributed by atoms with van der Waals surface area (Å²) >= 11 is 0. The number of carbonyl (C=O) groups excluding carboxylic acids is 1. The second-order valence-corrected chi connectivity index (χ2v) is 7.37. The minimum Gasteiger partial charge on any atom is -0.351 e. The Balaban J connectivity index is 2.02. The Morgan fingerprint density at radius 2 is 2.00 bits per heavy atom. The highest BCUT2D eigenvalue weighted by Crippen LogP contribution is 2.20. The van der Waals surface area contributed by atoms with Gasteiger partial charge in [0.05, 0.1) is 17.9 Å². The molecule has 9 heteroatoms. The molecule has 1 aromatic carbocycles. The number of aromatic nitrogens is 2. The molecule has 0 radical (unpaired) electrons. The van der Waals surface area contributed by atoms with E-state index < -0.39 is 21.7 Å². The fraction of sp³-hybridized carbons (Fsp3) is 0.333. The second kappa shape index (κ2) is 7.10. The van der Waals surface area contributed by atoms with Gasteiger partial charge in [0.15, 0.2) is 0 Å². The molecule has 1 aromatic heterocycles. The average molecular weight is 354 g/mol. The van der Waals surface area contributed by atoms with E-state index in [1.54, 1.807) is 32.0 Å². The molecule has 0 aliphatic rings. The SMILES string of the molecule is Cc1n[nH]c(C)c1S(=O)(=O)N(C)CC(=O)NCc1ccccc1F. The third kappa shape index (κ3) is 3.80. The van der Waals surface area contributed by atoms with Crippen LogP contribution in [0.5, 0.6) is 0 Å². The fourth-order valence-corrected chi connectivity index (χ4v) is 3.71. The van der Waals surface area contributed by atoms with E-state index in [2.05, 4.69) is 15.5 Å². The number of rotatable bonds is 6. The van der Waals surface area contributed by atoms with Gasteiger partial charge in [0.1, 0.15) is 10.7 Å². The predicted molar refractivity (Wildman–Crippen MR) is 86.1 cm³/mol. The summed E-state index contributed by atoms with van der Waals surface area (Å²) in [6.45, 7) is 2.78. The smallest absolute Gasteiger partial charge is 0.246 e. The predicted octanol–water partition coefficient (Wildman–Crippen LogP) is 1.10. The molecule has 0 aliphatic heterocycles. The van der Waals surface area contributed by atoms with Crippen LogP contribution >= 0.6 is 0 Å². The van der Waals surface area contributed by atoms with Crippen molar-refractivity contribution in [3.8, 4) is 0 Å². The van der Waals surface area contributed by atoms with Gasteiger partial charge in [-0.25, -0.2) is 12.8 Å². The van der Waals surface area contributed by atoms with Gasteiger partial charge in [-0.15, -0.1) is 0 Å². The monoisotopic (exact) mass is 354 g/mol. The van der Waals surface area contributed by atoms with Gasteiger partial charge < -0.3 is 5.32 Å². The molecule has 1 amide bonds. The molecule has 1 heterocycles. The summed E-state index contributed by atoms with van der Waals surface area (Å²) in [7, 11) is -2.53. The third-order valence-corrected chi connectivity index (χ3v) is 5.60. The maximum atomic E-state index is 13.5. The van der Waals surface area contributed by atoms with Crippen molar-refractivity contribution in [1.29, 1.82) is 0 Å². The van der Waals surface area contributed by atoms with Gasteiger partial charge in [0, 0.05) is 19.2 Å². The first-order valence-corrected chi connectivity index (χ1v) is 8.65. The molecule has 0 unspecified atom stereocenters. The fourth-order valence-electron chi connectivity index (χ4n) is 2.26. The largest absolute Gasteiger partial charge is 0.351 e. The Morgan fingerprint density at radius 3 is 2.58 bits per heavy atom. The van der Waals surface area contributed by atoms with Crippen LogP contribution in [-0.4, -0.2) is 42.4 Å². The van der Waals surface area contributed by atoms with E-state index in [9.17, 15) is 17.6 Å². The number of hydrogen-bond acceptors (Lipinski definition) is 4. The zero-order valence-electron chi connectivity index (χ0n) is 13.6. The van der Waals surface area contributed by atoms with Crippen LogP contribution in [0.1, 0.15) is 17.0 Å². The highest BCUT2D eigenvalue weighted by atomic mass is 32.2. The summed E-state index contributed by atoms with van der Waals surface area (Å²) in [4.78, 5) is 12.0. The van der Waals surface area contributed by atoms with E-state index in [0.29, 0.717) is 17.0 Å². The number of halogens is 1. The molecule has 0 atom stereocenters. The number of hydrogen-bond donors (Lipinski definition) is 2. The Hall–Kier alpha value is -2.26. The Kier molecular flexibility index (Phi) is 5.35. The normalized spacial score (nSPS) is 11.7. The van der Waals surface area contributed by atoms with Gasteiger partial charge in [0.25, 0.3) is 0 Å². The van der Waals surface area contributed by atoms with E-state index >= 15 is 0 Å². The van der Waals surface area contributed by atoms with Crippen molar-refractivity contribution in [2.45, 2.75) is 25.3 Å². The summed E-state index contributed by atoms with van der Waals surface area (Å²) in [5, 5.41) is 8.97. The maximum Gasteiger partial charge on any atom is 0.246 e. The molecule has 0 bridgehead atoms. The van der Waals surface area contributed by atoms with Crippen LogP contribution in [0.2, 0.25) is 0 Å². The number of amides is 1. The van der Waals surface area contributed by atoms with E-state index in [1.807, 2.05) is 0 Å². The number of sulfonamides is 1. The summed E-state index contributed by atoms with van der Waals surface area (Å²) in [6, 6.07) is 6.05. The van der Waals surface area contributed by atoms with Gasteiger partial charge in [-0.1, -0.05) is 18.2 Å². The molecule has 0 saturated heterocycles. The summed E-state index contributed by atoms with van der Waals surface area (Å²) < 4.78 is 39.5. The minimum atomic E-state index is -3.84. The summed E-state index contributed by atoms with van der Waals surface area (Å²) in [5.41, 5.74) is 1.08. The number of nitrogens with one attached hydrogen (secondary N) is 2. The van der Waals surface area contributed by atoms with E-state index in [0.717, 1.165) is 4.31 Å². The van der Waals surface area contributed by atoms with Gasteiger partial charge in [-0.05, 0) is 19.9 Å². The molecule has 2 aromatic rings. The van der Waals surface area contributed by atoms with E-state index in [-0.39, 0.29) is 18.0 Å². The maximum absolute atomic E-state index is 13.5. The van der Waals surface area contributed by atoms with Gasteiger partial charge in [-0.2, -0.15) is 9.40 Å². The number of H-pyrrole nitrogens is 1. The summed E-state index contributed by atoms with van der Waals surface area (Å²) in [5.74, 6) is -0.952. The number of likely N-dealkylation sites (N-methyl/N-ethyl adjacent to an activating group) is 1. The lowest BCUT2D eigenvalue weighted by Gasteiger charge is -2.17. The molecular formula is C15H19FN4O3S. The van der Waals surface area contributed by atoms with Gasteiger partial charge >= 0.3 is 0 Å². The van der Waals surface area contributed by atoms with Crippen LogP contribution < -0.4 is 5.32 Å². The zero-order chi connectivity index (χ0) is 17.9. The molecule has 24 heavy (non-hydrogen) atoms. The van der Waals surface area contributed by atoms with Crippen LogP contribution in [0, 0.1) is 19.7 Å². The molecule has 0 fully saturated rings. The minimum absolute atomic E-state index is 0.0108. The van der Waals surface area contributed by atoms with Crippen LogP contribution in [0.4, 0.5) is 4.39 Å². The Labute approximate surface area is 139 Å². The quantitative estimate of drug-likeness (QED) is 0.812. The van der Waals surface area contributed by atoms with Crippen molar-refractivity contribution in [2.24, 2.45) is 0 Å². The standard InChI is InChI=1S/C15H19FN4O3S/c1-10-15(11(2)19-18-10)24(22,23)20(3)9-14(21)17-8-12-6-4-5-7-13(12)16/h4-7H,8-9H2,1-3H3,(H,17,21)(H,18,19). The number of aromatic amines is 1. The molecule has 0 aliphatic carbocycles. The zero-order valence-corrected chi connectivity index (χ0v) is 14.4. The average Bonchev–Trinajstić information content (AvgIpc) is 2.86. The highest BCUT2D eigenvalue weighted by Gasteiger charge is 2.28. The molecular weight excluding hydrogens is 335 g/mol. The number of benzene rings is 1. The van der Waals surface area contributed by atoms with Crippen molar-refractivity contribution in [3.63, 3.8) is 0 Å². The molecule has 0 saturated carbocycles.